The monoisotopic (exact) mass is 395 g/mol. The van der Waals surface area contributed by atoms with E-state index in [4.69, 9.17) is 4.74 Å². The second-order valence-corrected chi connectivity index (χ2v) is 5.32. The Hall–Kier alpha value is -3.49. The summed E-state index contributed by atoms with van der Waals surface area (Å²) < 4.78 is 54.8. The Balaban J connectivity index is 2.41. The molecule has 2 aromatic carbocycles. The molecule has 6 nitrogen and oxygen atoms in total. The fourth-order valence-corrected chi connectivity index (χ4v) is 2.13. The van der Waals surface area contributed by atoms with Crippen LogP contribution in [0.4, 0.5) is 18.9 Å². The lowest BCUT2D eigenvalue weighted by molar-refractivity contribution is -0.138. The predicted octanol–water partition coefficient (Wildman–Crippen LogP) is 4.14. The Morgan fingerprint density at radius 1 is 0.964 bits per heavy atom. The Labute approximate surface area is 158 Å². The molecule has 2 aromatic rings. The highest BCUT2D eigenvalue weighted by Crippen LogP contribution is 2.38. The van der Waals surface area contributed by atoms with Crippen molar-refractivity contribution in [3.05, 3.63) is 65.9 Å². The van der Waals surface area contributed by atoms with Gasteiger partial charge in [-0.05, 0) is 30.3 Å². The van der Waals surface area contributed by atoms with Crippen LogP contribution < -0.4 is 10.1 Å². The van der Waals surface area contributed by atoms with Crippen LogP contribution in [0.3, 0.4) is 0 Å². The number of alkyl halides is 3. The number of esters is 2. The fraction of sp³-hybridized carbons (Fsp3) is 0.158. The van der Waals surface area contributed by atoms with Crippen LogP contribution in [-0.2, 0) is 25.2 Å². The van der Waals surface area contributed by atoms with E-state index in [1.807, 2.05) is 0 Å². The van der Waals surface area contributed by atoms with E-state index in [2.05, 4.69) is 14.8 Å². The van der Waals surface area contributed by atoms with Gasteiger partial charge in [0.2, 0.25) is 0 Å². The number of methoxy groups -OCH3 is 2. The average Bonchev–Trinajstić information content (AvgIpc) is 2.67. The van der Waals surface area contributed by atoms with Crippen LogP contribution in [0.25, 0.3) is 0 Å². The van der Waals surface area contributed by atoms with Crippen LogP contribution in [0.5, 0.6) is 11.5 Å². The van der Waals surface area contributed by atoms with E-state index in [0.717, 1.165) is 26.4 Å². The Bertz CT molecular complexity index is 879. The molecule has 0 aromatic heterocycles. The maximum absolute atomic E-state index is 13.5. The molecular formula is C19H16F3NO5. The van der Waals surface area contributed by atoms with E-state index in [9.17, 15) is 22.8 Å². The van der Waals surface area contributed by atoms with E-state index in [-0.39, 0.29) is 5.75 Å². The molecule has 0 saturated heterocycles. The number of halogens is 3. The summed E-state index contributed by atoms with van der Waals surface area (Å²) in [7, 11) is 2.08. The second-order valence-electron chi connectivity index (χ2n) is 5.32. The molecule has 0 atom stereocenters. The standard InChI is InChI=1S/C19H16F3NO5/c1-26-17(24)11-16(18(25)27-2)23-15-9-8-13(10-14(15)19(20,21)22)28-12-6-4-3-5-7-12/h3-11,23H,1-2H3/b16-11+. The van der Waals surface area contributed by atoms with Gasteiger partial charge in [0.05, 0.1) is 31.5 Å². The van der Waals surface area contributed by atoms with Gasteiger partial charge in [0.1, 0.15) is 17.2 Å². The number of carbonyl (C=O) groups is 2. The second kappa shape index (κ2) is 8.94. The zero-order valence-corrected chi connectivity index (χ0v) is 14.9. The minimum absolute atomic E-state index is 0.0550. The summed E-state index contributed by atoms with van der Waals surface area (Å²) in [6, 6.07) is 11.4. The number of para-hydroxylation sites is 1. The van der Waals surface area contributed by atoms with Crippen molar-refractivity contribution in [2.75, 3.05) is 19.5 Å². The predicted molar refractivity (Wildman–Crippen MR) is 93.7 cm³/mol. The van der Waals surface area contributed by atoms with Gasteiger partial charge in [-0.25, -0.2) is 9.59 Å². The third-order valence-electron chi connectivity index (χ3n) is 3.41. The molecule has 0 bridgehead atoms. The minimum Gasteiger partial charge on any atom is -0.466 e. The van der Waals surface area contributed by atoms with Crippen molar-refractivity contribution in [3.63, 3.8) is 0 Å². The summed E-state index contributed by atoms with van der Waals surface area (Å²) >= 11 is 0. The van der Waals surface area contributed by atoms with Gasteiger partial charge in [0.15, 0.2) is 0 Å². The third kappa shape index (κ3) is 5.50. The molecule has 0 fully saturated rings. The van der Waals surface area contributed by atoms with Crippen molar-refractivity contribution in [1.82, 2.24) is 0 Å². The number of rotatable bonds is 6. The summed E-state index contributed by atoms with van der Waals surface area (Å²) in [5, 5.41) is 2.27. The molecule has 1 N–H and O–H groups in total. The summed E-state index contributed by atoms with van der Waals surface area (Å²) in [5.74, 6) is -1.67. The Morgan fingerprint density at radius 3 is 2.21 bits per heavy atom. The number of carbonyl (C=O) groups excluding carboxylic acids is 2. The highest BCUT2D eigenvalue weighted by atomic mass is 19.4. The maximum Gasteiger partial charge on any atom is 0.418 e. The fourth-order valence-electron chi connectivity index (χ4n) is 2.13. The van der Waals surface area contributed by atoms with Crippen LogP contribution in [-0.4, -0.2) is 26.2 Å². The number of hydrogen-bond donors (Lipinski definition) is 1. The molecule has 0 saturated carbocycles. The average molecular weight is 395 g/mol. The van der Waals surface area contributed by atoms with Crippen LogP contribution in [0.1, 0.15) is 5.56 Å². The van der Waals surface area contributed by atoms with Crippen LogP contribution in [0.15, 0.2) is 60.3 Å². The molecule has 0 aliphatic carbocycles. The molecule has 0 aliphatic rings. The van der Waals surface area contributed by atoms with Crippen molar-refractivity contribution in [2.45, 2.75) is 6.18 Å². The van der Waals surface area contributed by atoms with Crippen LogP contribution in [0, 0.1) is 0 Å². The lowest BCUT2D eigenvalue weighted by Gasteiger charge is -2.17. The Morgan fingerprint density at radius 2 is 1.64 bits per heavy atom. The highest BCUT2D eigenvalue weighted by molar-refractivity contribution is 5.98. The van der Waals surface area contributed by atoms with Gasteiger partial charge < -0.3 is 19.5 Å². The van der Waals surface area contributed by atoms with Gasteiger partial charge in [-0.3, -0.25) is 0 Å². The molecule has 9 heteroatoms. The number of hydrogen-bond acceptors (Lipinski definition) is 6. The first-order valence-electron chi connectivity index (χ1n) is 7.83. The lowest BCUT2D eigenvalue weighted by Crippen LogP contribution is -2.18. The first kappa shape index (κ1) is 20.8. The van der Waals surface area contributed by atoms with Crippen molar-refractivity contribution in [1.29, 1.82) is 0 Å². The van der Waals surface area contributed by atoms with E-state index < -0.39 is 35.1 Å². The third-order valence-corrected chi connectivity index (χ3v) is 3.41. The number of benzene rings is 2. The molecule has 0 unspecified atom stereocenters. The normalized spacial score (nSPS) is 11.5. The number of anilines is 1. The van der Waals surface area contributed by atoms with Gasteiger partial charge >= 0.3 is 18.1 Å². The number of ether oxygens (including phenoxy) is 3. The zero-order chi connectivity index (χ0) is 20.7. The lowest BCUT2D eigenvalue weighted by atomic mass is 10.1. The van der Waals surface area contributed by atoms with E-state index in [0.29, 0.717) is 11.8 Å². The molecule has 148 valence electrons. The number of nitrogens with one attached hydrogen (secondary N) is 1. The molecule has 0 radical (unpaired) electrons. The van der Waals surface area contributed by atoms with Gasteiger partial charge in [0.25, 0.3) is 0 Å². The summed E-state index contributed by atoms with van der Waals surface area (Å²) in [6.07, 6.45) is -4.06. The van der Waals surface area contributed by atoms with Crippen LogP contribution in [0.2, 0.25) is 0 Å². The minimum atomic E-state index is -4.76. The van der Waals surface area contributed by atoms with Crippen molar-refractivity contribution < 1.29 is 37.0 Å². The highest BCUT2D eigenvalue weighted by Gasteiger charge is 2.35. The van der Waals surface area contributed by atoms with Gasteiger partial charge in [-0.1, -0.05) is 18.2 Å². The zero-order valence-electron chi connectivity index (χ0n) is 14.9. The Kier molecular flexibility index (Phi) is 6.64. The van der Waals surface area contributed by atoms with Gasteiger partial charge in [0, 0.05) is 0 Å². The van der Waals surface area contributed by atoms with E-state index in [1.54, 1.807) is 30.3 Å². The maximum atomic E-state index is 13.5. The largest absolute Gasteiger partial charge is 0.466 e. The summed E-state index contributed by atoms with van der Waals surface area (Å²) in [4.78, 5) is 23.2. The molecule has 0 heterocycles. The van der Waals surface area contributed by atoms with Gasteiger partial charge in [-0.15, -0.1) is 0 Å². The first-order chi connectivity index (χ1) is 13.2. The summed E-state index contributed by atoms with van der Waals surface area (Å²) in [5.41, 5.74) is -2.08. The van der Waals surface area contributed by atoms with Crippen LogP contribution >= 0.6 is 0 Å². The smallest absolute Gasteiger partial charge is 0.418 e. The van der Waals surface area contributed by atoms with E-state index >= 15 is 0 Å². The van der Waals surface area contributed by atoms with Crippen molar-refractivity contribution >= 4 is 17.6 Å². The molecule has 2 rings (SSSR count). The topological polar surface area (TPSA) is 73.9 Å². The SMILES string of the molecule is COC(=O)/C=C(/Nc1ccc(Oc2ccccc2)cc1C(F)(F)F)C(=O)OC. The summed E-state index contributed by atoms with van der Waals surface area (Å²) in [6.45, 7) is 0. The quantitative estimate of drug-likeness (QED) is 0.585. The first-order valence-corrected chi connectivity index (χ1v) is 7.83. The van der Waals surface area contributed by atoms with Crippen molar-refractivity contribution in [2.24, 2.45) is 0 Å². The molecule has 28 heavy (non-hydrogen) atoms. The van der Waals surface area contributed by atoms with Gasteiger partial charge in [-0.2, -0.15) is 13.2 Å². The molecule has 0 aliphatic heterocycles. The van der Waals surface area contributed by atoms with Crippen molar-refractivity contribution in [3.8, 4) is 11.5 Å². The van der Waals surface area contributed by atoms with E-state index in [1.165, 1.54) is 6.07 Å². The molecule has 0 spiro atoms. The molecular weight excluding hydrogens is 379 g/mol. The molecule has 0 amide bonds.